The zero-order valence-corrected chi connectivity index (χ0v) is 10.9. The minimum absolute atomic E-state index is 0.164. The standard InChI is InChI=1S/C13H24N2O3/c16-10-12-3-1-2-11(12)8-14-9-13(17)15-4-6-18-7-5-15/h11-12,14,16H,1-10H2. The van der Waals surface area contributed by atoms with E-state index in [1.54, 1.807) is 0 Å². The molecule has 1 amide bonds. The maximum atomic E-state index is 11.9. The van der Waals surface area contributed by atoms with E-state index in [2.05, 4.69) is 5.32 Å². The Kier molecular flexibility index (Phi) is 5.41. The van der Waals surface area contributed by atoms with Crippen LogP contribution in [0.3, 0.4) is 0 Å². The van der Waals surface area contributed by atoms with Crippen molar-refractivity contribution in [1.29, 1.82) is 0 Å². The van der Waals surface area contributed by atoms with Crippen molar-refractivity contribution >= 4 is 5.91 Å². The van der Waals surface area contributed by atoms with E-state index in [1.165, 1.54) is 12.8 Å². The largest absolute Gasteiger partial charge is 0.396 e. The summed E-state index contributed by atoms with van der Waals surface area (Å²) in [5.41, 5.74) is 0. The van der Waals surface area contributed by atoms with Gasteiger partial charge in [-0.25, -0.2) is 0 Å². The van der Waals surface area contributed by atoms with Crippen LogP contribution in [0.1, 0.15) is 19.3 Å². The molecule has 2 N–H and O–H groups in total. The zero-order chi connectivity index (χ0) is 12.8. The summed E-state index contributed by atoms with van der Waals surface area (Å²) in [6.45, 7) is 4.27. The monoisotopic (exact) mass is 256 g/mol. The molecular formula is C13H24N2O3. The first kappa shape index (κ1) is 13.8. The van der Waals surface area contributed by atoms with Gasteiger partial charge in [0.05, 0.1) is 19.8 Å². The van der Waals surface area contributed by atoms with Crippen LogP contribution in [0.2, 0.25) is 0 Å². The van der Waals surface area contributed by atoms with Gasteiger partial charge in [-0.2, -0.15) is 0 Å². The molecule has 1 saturated heterocycles. The summed E-state index contributed by atoms with van der Waals surface area (Å²) in [5, 5.41) is 12.5. The van der Waals surface area contributed by atoms with Crippen molar-refractivity contribution in [1.82, 2.24) is 10.2 Å². The van der Waals surface area contributed by atoms with E-state index >= 15 is 0 Å². The quantitative estimate of drug-likeness (QED) is 0.718. The number of carbonyl (C=O) groups is 1. The van der Waals surface area contributed by atoms with Gasteiger partial charge in [0.2, 0.25) is 5.91 Å². The number of aliphatic hydroxyl groups is 1. The molecule has 0 bridgehead atoms. The molecule has 0 aromatic rings. The summed E-state index contributed by atoms with van der Waals surface area (Å²) in [6.07, 6.45) is 3.50. The number of rotatable bonds is 5. The molecule has 1 heterocycles. The number of nitrogens with one attached hydrogen (secondary N) is 1. The van der Waals surface area contributed by atoms with Gasteiger partial charge in [0.1, 0.15) is 0 Å². The van der Waals surface area contributed by atoms with Gasteiger partial charge >= 0.3 is 0 Å². The number of amides is 1. The number of hydrogen-bond donors (Lipinski definition) is 2. The Morgan fingerprint density at radius 2 is 2.00 bits per heavy atom. The number of hydrogen-bond acceptors (Lipinski definition) is 4. The highest BCUT2D eigenvalue weighted by Crippen LogP contribution is 2.30. The van der Waals surface area contributed by atoms with Crippen molar-refractivity contribution in [3.05, 3.63) is 0 Å². The van der Waals surface area contributed by atoms with Crippen LogP contribution < -0.4 is 5.32 Å². The fourth-order valence-electron chi connectivity index (χ4n) is 2.91. The highest BCUT2D eigenvalue weighted by molar-refractivity contribution is 5.78. The van der Waals surface area contributed by atoms with E-state index in [9.17, 15) is 9.90 Å². The highest BCUT2D eigenvalue weighted by Gasteiger charge is 2.26. The Morgan fingerprint density at radius 1 is 1.28 bits per heavy atom. The van der Waals surface area contributed by atoms with Crippen LogP contribution in [0, 0.1) is 11.8 Å². The molecule has 1 aliphatic heterocycles. The van der Waals surface area contributed by atoms with E-state index in [0.29, 0.717) is 44.7 Å². The molecule has 2 aliphatic rings. The molecule has 2 unspecified atom stereocenters. The smallest absolute Gasteiger partial charge is 0.236 e. The molecule has 1 saturated carbocycles. The summed E-state index contributed by atoms with van der Waals surface area (Å²) in [4.78, 5) is 13.7. The van der Waals surface area contributed by atoms with Gasteiger partial charge in [0, 0.05) is 19.7 Å². The number of morpholine rings is 1. The molecule has 0 radical (unpaired) electrons. The fourth-order valence-corrected chi connectivity index (χ4v) is 2.91. The first-order valence-electron chi connectivity index (χ1n) is 6.98. The number of nitrogens with zero attached hydrogens (tertiary/aromatic N) is 1. The third kappa shape index (κ3) is 3.67. The molecule has 5 nitrogen and oxygen atoms in total. The Morgan fingerprint density at radius 3 is 2.72 bits per heavy atom. The summed E-state index contributed by atoms with van der Waals surface area (Å²) in [6, 6.07) is 0. The van der Waals surface area contributed by atoms with Crippen molar-refractivity contribution in [3.8, 4) is 0 Å². The van der Waals surface area contributed by atoms with E-state index in [0.717, 1.165) is 13.0 Å². The normalized spacial score (nSPS) is 28.6. The number of aliphatic hydroxyl groups excluding tert-OH is 1. The van der Waals surface area contributed by atoms with Crippen molar-refractivity contribution in [2.24, 2.45) is 11.8 Å². The molecular weight excluding hydrogens is 232 g/mol. The second-order valence-electron chi connectivity index (χ2n) is 5.26. The SMILES string of the molecule is O=C(CNCC1CCCC1CO)N1CCOCC1. The molecule has 104 valence electrons. The van der Waals surface area contributed by atoms with E-state index in [1.807, 2.05) is 4.90 Å². The molecule has 1 aliphatic carbocycles. The lowest BCUT2D eigenvalue weighted by atomic mass is 9.97. The van der Waals surface area contributed by atoms with Gasteiger partial charge in [-0.15, -0.1) is 0 Å². The minimum Gasteiger partial charge on any atom is -0.396 e. The summed E-state index contributed by atoms with van der Waals surface area (Å²) < 4.78 is 5.22. The molecule has 2 fully saturated rings. The van der Waals surface area contributed by atoms with Gasteiger partial charge in [0.25, 0.3) is 0 Å². The predicted molar refractivity (Wildman–Crippen MR) is 68.2 cm³/mol. The minimum atomic E-state index is 0.164. The summed E-state index contributed by atoms with van der Waals surface area (Å²) >= 11 is 0. The van der Waals surface area contributed by atoms with Gasteiger partial charge in [0.15, 0.2) is 0 Å². The molecule has 0 aromatic carbocycles. The van der Waals surface area contributed by atoms with Gasteiger partial charge in [-0.1, -0.05) is 6.42 Å². The molecule has 5 heteroatoms. The second-order valence-corrected chi connectivity index (χ2v) is 5.26. The van der Waals surface area contributed by atoms with E-state index < -0.39 is 0 Å². The molecule has 18 heavy (non-hydrogen) atoms. The summed E-state index contributed by atoms with van der Waals surface area (Å²) in [7, 11) is 0. The average molecular weight is 256 g/mol. The lowest BCUT2D eigenvalue weighted by Gasteiger charge is -2.27. The van der Waals surface area contributed by atoms with Crippen molar-refractivity contribution in [3.63, 3.8) is 0 Å². The first-order valence-corrected chi connectivity index (χ1v) is 6.98. The molecule has 2 atom stereocenters. The van der Waals surface area contributed by atoms with Crippen LogP contribution in [0.4, 0.5) is 0 Å². The van der Waals surface area contributed by atoms with E-state index in [4.69, 9.17) is 4.74 Å². The topological polar surface area (TPSA) is 61.8 Å². The zero-order valence-electron chi connectivity index (χ0n) is 10.9. The lowest BCUT2D eigenvalue weighted by Crippen LogP contribution is -2.45. The van der Waals surface area contributed by atoms with Crippen LogP contribution in [-0.2, 0) is 9.53 Å². The van der Waals surface area contributed by atoms with Crippen LogP contribution in [-0.4, -0.2) is 61.9 Å². The Bertz CT molecular complexity index is 267. The van der Waals surface area contributed by atoms with Crippen LogP contribution in [0.25, 0.3) is 0 Å². The highest BCUT2D eigenvalue weighted by atomic mass is 16.5. The van der Waals surface area contributed by atoms with Crippen molar-refractivity contribution in [2.45, 2.75) is 19.3 Å². The van der Waals surface area contributed by atoms with Crippen LogP contribution in [0.5, 0.6) is 0 Å². The maximum Gasteiger partial charge on any atom is 0.236 e. The maximum absolute atomic E-state index is 11.9. The third-order valence-electron chi connectivity index (χ3n) is 4.10. The van der Waals surface area contributed by atoms with Gasteiger partial charge in [-0.05, 0) is 31.2 Å². The Balaban J connectivity index is 1.63. The summed E-state index contributed by atoms with van der Waals surface area (Å²) in [5.74, 6) is 1.13. The van der Waals surface area contributed by atoms with Crippen LogP contribution in [0.15, 0.2) is 0 Å². The second kappa shape index (κ2) is 7.07. The predicted octanol–water partition coefficient (Wildman–Crippen LogP) is -0.157. The Hall–Kier alpha value is -0.650. The number of ether oxygens (including phenoxy) is 1. The molecule has 0 spiro atoms. The van der Waals surface area contributed by atoms with Crippen molar-refractivity contribution < 1.29 is 14.6 Å². The fraction of sp³-hybridized carbons (Fsp3) is 0.923. The average Bonchev–Trinajstić information content (AvgIpc) is 2.87. The van der Waals surface area contributed by atoms with Crippen LogP contribution >= 0.6 is 0 Å². The Labute approximate surface area is 108 Å². The van der Waals surface area contributed by atoms with Gasteiger partial charge in [-0.3, -0.25) is 4.79 Å². The molecule has 0 aromatic heterocycles. The van der Waals surface area contributed by atoms with Crippen molar-refractivity contribution in [2.75, 3.05) is 46.0 Å². The lowest BCUT2D eigenvalue weighted by molar-refractivity contribution is -0.134. The van der Waals surface area contributed by atoms with E-state index in [-0.39, 0.29) is 12.5 Å². The van der Waals surface area contributed by atoms with Gasteiger partial charge < -0.3 is 20.1 Å². The molecule has 2 rings (SSSR count). The first-order chi connectivity index (χ1) is 8.81. The number of carbonyl (C=O) groups excluding carboxylic acids is 1. The third-order valence-corrected chi connectivity index (χ3v) is 4.10.